The molecule has 3 heterocycles. The highest BCUT2D eigenvalue weighted by molar-refractivity contribution is 5.05. The van der Waals surface area contributed by atoms with Gasteiger partial charge in [-0.2, -0.15) is 0 Å². The number of nitrogens with one attached hydrogen (secondary N) is 1. The molecule has 0 radical (unpaired) electrons. The van der Waals surface area contributed by atoms with E-state index in [4.69, 9.17) is 4.42 Å². The summed E-state index contributed by atoms with van der Waals surface area (Å²) in [6.07, 6.45) is 6.94. The molecule has 0 atom stereocenters. The van der Waals surface area contributed by atoms with Crippen molar-refractivity contribution in [3.05, 3.63) is 56.8 Å². The molecule has 1 N–H and O–H groups in total. The summed E-state index contributed by atoms with van der Waals surface area (Å²) >= 11 is 0. The van der Waals surface area contributed by atoms with Crippen LogP contribution in [0.3, 0.4) is 0 Å². The summed E-state index contributed by atoms with van der Waals surface area (Å²) in [4.78, 5) is 28.1. The highest BCUT2D eigenvalue weighted by atomic mass is 16.3. The lowest BCUT2D eigenvalue weighted by molar-refractivity contribution is 0.176. The fraction of sp³-hybridized carbons (Fsp3) is 0.467. The first-order valence-corrected chi connectivity index (χ1v) is 7.19. The second-order valence-corrected chi connectivity index (χ2v) is 5.62. The summed E-state index contributed by atoms with van der Waals surface area (Å²) in [5, 5.41) is 0. The van der Waals surface area contributed by atoms with Crippen LogP contribution in [0.2, 0.25) is 0 Å². The third kappa shape index (κ3) is 3.00. The van der Waals surface area contributed by atoms with E-state index in [9.17, 15) is 9.59 Å². The normalized spacial score (nSPS) is 17.2. The lowest BCUT2D eigenvalue weighted by atomic mass is 10.0. The summed E-state index contributed by atoms with van der Waals surface area (Å²) in [7, 11) is 0. The van der Waals surface area contributed by atoms with Crippen LogP contribution in [-0.4, -0.2) is 27.5 Å². The Morgan fingerprint density at radius 3 is 2.76 bits per heavy atom. The van der Waals surface area contributed by atoms with Crippen molar-refractivity contribution in [2.75, 3.05) is 13.1 Å². The third-order valence-corrected chi connectivity index (χ3v) is 4.08. The second-order valence-electron chi connectivity index (χ2n) is 5.62. The molecule has 21 heavy (non-hydrogen) atoms. The lowest BCUT2D eigenvalue weighted by Gasteiger charge is -2.32. The fourth-order valence-electron chi connectivity index (χ4n) is 2.85. The number of likely N-dealkylation sites (tertiary alicyclic amines) is 1. The Morgan fingerprint density at radius 2 is 2.10 bits per heavy atom. The summed E-state index contributed by atoms with van der Waals surface area (Å²) in [5.74, 6) is 0. The Balaban J connectivity index is 1.67. The van der Waals surface area contributed by atoms with Crippen LogP contribution in [0.1, 0.15) is 30.0 Å². The molecule has 0 bridgehead atoms. The lowest BCUT2D eigenvalue weighted by Crippen LogP contribution is -2.39. The van der Waals surface area contributed by atoms with Gasteiger partial charge in [0.05, 0.1) is 12.5 Å². The molecule has 112 valence electrons. The molecule has 2 aromatic rings. The van der Waals surface area contributed by atoms with Gasteiger partial charge in [0.2, 0.25) is 0 Å². The Bertz CT molecular complexity index is 707. The van der Waals surface area contributed by atoms with Gasteiger partial charge in [-0.15, -0.1) is 0 Å². The zero-order valence-electron chi connectivity index (χ0n) is 12.0. The zero-order chi connectivity index (χ0) is 14.8. The third-order valence-electron chi connectivity index (χ3n) is 4.08. The topological polar surface area (TPSA) is 71.2 Å². The number of rotatable bonds is 3. The van der Waals surface area contributed by atoms with Crippen LogP contribution >= 0.6 is 0 Å². The molecule has 6 nitrogen and oxygen atoms in total. The molecule has 3 rings (SSSR count). The van der Waals surface area contributed by atoms with Crippen molar-refractivity contribution in [2.24, 2.45) is 0 Å². The van der Waals surface area contributed by atoms with E-state index < -0.39 is 0 Å². The number of hydrogen-bond donors (Lipinski definition) is 1. The van der Waals surface area contributed by atoms with Gasteiger partial charge in [-0.05, 0) is 25.8 Å². The molecule has 1 saturated heterocycles. The van der Waals surface area contributed by atoms with Crippen LogP contribution in [0, 0.1) is 6.92 Å². The predicted molar refractivity (Wildman–Crippen MR) is 78.3 cm³/mol. The molecule has 0 spiro atoms. The van der Waals surface area contributed by atoms with Crippen LogP contribution in [0.25, 0.3) is 0 Å². The molecule has 0 saturated carbocycles. The minimum atomic E-state index is -0.307. The first kappa shape index (κ1) is 13.9. The number of H-pyrrole nitrogens is 1. The van der Waals surface area contributed by atoms with Gasteiger partial charge >= 0.3 is 5.69 Å². The van der Waals surface area contributed by atoms with E-state index in [1.54, 1.807) is 30.2 Å². The van der Waals surface area contributed by atoms with Crippen molar-refractivity contribution in [2.45, 2.75) is 32.4 Å². The van der Waals surface area contributed by atoms with E-state index in [2.05, 4.69) is 9.88 Å². The van der Waals surface area contributed by atoms with Gasteiger partial charge in [-0.1, -0.05) is 0 Å². The van der Waals surface area contributed by atoms with Crippen LogP contribution in [0.4, 0.5) is 0 Å². The van der Waals surface area contributed by atoms with Gasteiger partial charge < -0.3 is 4.42 Å². The molecule has 1 fully saturated rings. The molecule has 0 unspecified atom stereocenters. The van der Waals surface area contributed by atoms with Crippen LogP contribution in [0.5, 0.6) is 0 Å². The smallest absolute Gasteiger partial charge is 0.328 e. The summed E-state index contributed by atoms with van der Waals surface area (Å²) in [5.41, 5.74) is 1.15. The monoisotopic (exact) mass is 289 g/mol. The number of piperidine rings is 1. The summed E-state index contributed by atoms with van der Waals surface area (Å²) < 4.78 is 6.75. The van der Waals surface area contributed by atoms with E-state index in [1.165, 1.54) is 5.56 Å². The molecule has 1 aliphatic rings. The van der Waals surface area contributed by atoms with Gasteiger partial charge in [0, 0.05) is 43.0 Å². The fourth-order valence-corrected chi connectivity index (χ4v) is 2.85. The highest BCUT2D eigenvalue weighted by Crippen LogP contribution is 2.22. The molecular weight excluding hydrogens is 270 g/mol. The van der Waals surface area contributed by atoms with Gasteiger partial charge in [0.25, 0.3) is 5.56 Å². The molecule has 0 amide bonds. The van der Waals surface area contributed by atoms with Crippen molar-refractivity contribution in [1.82, 2.24) is 14.5 Å². The van der Waals surface area contributed by atoms with E-state index in [-0.39, 0.29) is 17.3 Å². The van der Waals surface area contributed by atoms with E-state index in [0.717, 1.165) is 32.5 Å². The predicted octanol–water partition coefficient (Wildman–Crippen LogP) is 1.28. The van der Waals surface area contributed by atoms with Crippen LogP contribution < -0.4 is 11.2 Å². The number of aromatic amines is 1. The Kier molecular flexibility index (Phi) is 3.79. The van der Waals surface area contributed by atoms with Crippen molar-refractivity contribution in [3.8, 4) is 0 Å². The SMILES string of the molecule is Cc1cn(C2CCN(Cc3ccoc3)CC2)c(=O)[nH]c1=O. The second kappa shape index (κ2) is 5.73. The Hall–Kier alpha value is -2.08. The number of aryl methyl sites for hydroxylation is 1. The van der Waals surface area contributed by atoms with Crippen LogP contribution in [0.15, 0.2) is 38.8 Å². The first-order chi connectivity index (χ1) is 10.1. The zero-order valence-corrected chi connectivity index (χ0v) is 12.0. The van der Waals surface area contributed by atoms with Crippen molar-refractivity contribution >= 4 is 0 Å². The minimum absolute atomic E-state index is 0.161. The maximum atomic E-state index is 11.9. The standard InChI is InChI=1S/C15H19N3O3/c1-11-8-18(15(20)16-14(11)19)13-2-5-17(6-3-13)9-12-4-7-21-10-12/h4,7-8,10,13H,2-3,5-6,9H2,1H3,(H,16,19,20). The Labute approximate surface area is 122 Å². The Morgan fingerprint density at radius 1 is 1.33 bits per heavy atom. The van der Waals surface area contributed by atoms with Gasteiger partial charge in [0.15, 0.2) is 0 Å². The largest absolute Gasteiger partial charge is 0.472 e. The molecule has 1 aliphatic heterocycles. The number of nitrogens with zero attached hydrogens (tertiary/aromatic N) is 2. The first-order valence-electron chi connectivity index (χ1n) is 7.19. The van der Waals surface area contributed by atoms with E-state index in [0.29, 0.717) is 5.56 Å². The quantitative estimate of drug-likeness (QED) is 0.924. The van der Waals surface area contributed by atoms with Crippen LogP contribution in [-0.2, 0) is 6.54 Å². The number of hydrogen-bond acceptors (Lipinski definition) is 4. The minimum Gasteiger partial charge on any atom is -0.472 e. The molecule has 0 aliphatic carbocycles. The maximum absolute atomic E-state index is 11.9. The number of aromatic nitrogens is 2. The average molecular weight is 289 g/mol. The van der Waals surface area contributed by atoms with Gasteiger partial charge in [-0.25, -0.2) is 4.79 Å². The van der Waals surface area contributed by atoms with Gasteiger partial charge in [0.1, 0.15) is 0 Å². The maximum Gasteiger partial charge on any atom is 0.328 e. The summed E-state index contributed by atoms with van der Waals surface area (Å²) in [6.45, 7) is 4.46. The van der Waals surface area contributed by atoms with Crippen molar-refractivity contribution < 1.29 is 4.42 Å². The summed E-state index contributed by atoms with van der Waals surface area (Å²) in [6, 6.07) is 2.13. The van der Waals surface area contributed by atoms with Crippen molar-refractivity contribution in [3.63, 3.8) is 0 Å². The molecule has 2 aromatic heterocycles. The molecule has 0 aromatic carbocycles. The number of furan rings is 1. The molecular formula is C15H19N3O3. The van der Waals surface area contributed by atoms with Gasteiger partial charge in [-0.3, -0.25) is 19.2 Å². The van der Waals surface area contributed by atoms with E-state index >= 15 is 0 Å². The highest BCUT2D eigenvalue weighted by Gasteiger charge is 2.21. The average Bonchev–Trinajstić information content (AvgIpc) is 2.97. The van der Waals surface area contributed by atoms with E-state index in [1.807, 2.05) is 6.07 Å². The van der Waals surface area contributed by atoms with Crippen molar-refractivity contribution in [1.29, 1.82) is 0 Å². The molecule has 6 heteroatoms.